The van der Waals surface area contributed by atoms with Crippen molar-refractivity contribution in [3.05, 3.63) is 134 Å². The van der Waals surface area contributed by atoms with Crippen LogP contribution in [-0.2, 0) is 23.8 Å². The Morgan fingerprint density at radius 1 is 0.344 bits per heavy atom. The van der Waals surface area contributed by atoms with Gasteiger partial charge in [-0.2, -0.15) is 0 Å². The predicted molar refractivity (Wildman–Crippen MR) is 278 cm³/mol. The number of allylic oxidation sites excluding steroid dienone is 22. The summed E-state index contributed by atoms with van der Waals surface area (Å²) < 4.78 is 17.3. The van der Waals surface area contributed by atoms with E-state index in [0.717, 1.165) is 122 Å². The number of rotatable bonds is 45. The second-order valence-electron chi connectivity index (χ2n) is 16.3. The van der Waals surface area contributed by atoms with E-state index in [2.05, 4.69) is 154 Å². The summed E-state index contributed by atoms with van der Waals surface area (Å²) >= 11 is 0. The molecular formula is C59H94O5. The van der Waals surface area contributed by atoms with Gasteiger partial charge in [-0.15, -0.1) is 0 Å². The number of hydrogen-bond acceptors (Lipinski definition) is 5. The van der Waals surface area contributed by atoms with Gasteiger partial charge in [0, 0.05) is 19.4 Å². The highest BCUT2D eigenvalue weighted by Gasteiger charge is 2.17. The fourth-order valence-electron chi connectivity index (χ4n) is 6.45. The van der Waals surface area contributed by atoms with Crippen LogP contribution in [0.3, 0.4) is 0 Å². The lowest BCUT2D eigenvalue weighted by atomic mass is 10.1. The Kier molecular flexibility index (Phi) is 50.1. The molecule has 0 bridgehead atoms. The zero-order valence-corrected chi connectivity index (χ0v) is 41.2. The standard InChI is InChI=1S/C59H94O5/c1-4-7-10-13-16-19-22-25-28-29-30-33-36-39-42-45-48-51-54-62-55-57(64-59(61)53-50-47-44-41-38-35-32-27-24-21-18-15-12-9-6-3)56-63-58(60)52-49-46-43-40-37-34-31-26-23-20-17-14-11-8-5-2/h7-12,16-21,25-28,31-32,37-38,40-41,57H,4-6,13-15,22-24,29-30,33-36,39,42-56H2,1-3H3/b10-7-,11-8-,12-9-,19-16-,20-17-,21-18-,28-25-,31-26-,32-27-,40-37-,41-38-. The Hall–Kier alpha value is -3.96. The molecule has 0 radical (unpaired) electrons. The van der Waals surface area contributed by atoms with Crippen LogP contribution in [0.4, 0.5) is 0 Å². The summed E-state index contributed by atoms with van der Waals surface area (Å²) in [6.07, 6.45) is 76.1. The first kappa shape index (κ1) is 60.0. The van der Waals surface area contributed by atoms with Crippen LogP contribution in [0.2, 0.25) is 0 Å². The van der Waals surface area contributed by atoms with Gasteiger partial charge in [-0.1, -0.05) is 193 Å². The fourth-order valence-corrected chi connectivity index (χ4v) is 6.45. The molecule has 0 spiro atoms. The smallest absolute Gasteiger partial charge is 0.306 e. The molecule has 0 aromatic heterocycles. The van der Waals surface area contributed by atoms with Gasteiger partial charge >= 0.3 is 11.9 Å². The van der Waals surface area contributed by atoms with Crippen LogP contribution in [0.25, 0.3) is 0 Å². The Balaban J connectivity index is 4.44. The topological polar surface area (TPSA) is 61.8 Å². The van der Waals surface area contributed by atoms with Gasteiger partial charge in [0.25, 0.3) is 0 Å². The first-order valence-electron chi connectivity index (χ1n) is 25.7. The molecule has 0 heterocycles. The molecule has 0 saturated heterocycles. The minimum atomic E-state index is -0.588. The van der Waals surface area contributed by atoms with E-state index in [1.165, 1.54) is 44.9 Å². The Morgan fingerprint density at radius 3 is 1.05 bits per heavy atom. The third-order valence-electron chi connectivity index (χ3n) is 10.2. The van der Waals surface area contributed by atoms with Gasteiger partial charge in [0.2, 0.25) is 0 Å². The van der Waals surface area contributed by atoms with E-state index in [1.54, 1.807) is 0 Å². The van der Waals surface area contributed by atoms with Gasteiger partial charge in [-0.25, -0.2) is 0 Å². The molecule has 1 atom stereocenters. The van der Waals surface area contributed by atoms with Gasteiger partial charge in [0.1, 0.15) is 6.61 Å². The molecule has 0 aromatic carbocycles. The van der Waals surface area contributed by atoms with E-state index in [9.17, 15) is 9.59 Å². The van der Waals surface area contributed by atoms with E-state index in [-0.39, 0.29) is 25.2 Å². The van der Waals surface area contributed by atoms with E-state index >= 15 is 0 Å². The highest BCUT2D eigenvalue weighted by Crippen LogP contribution is 2.12. The van der Waals surface area contributed by atoms with Crippen molar-refractivity contribution in [1.29, 1.82) is 0 Å². The molecule has 5 heteroatoms. The van der Waals surface area contributed by atoms with Gasteiger partial charge in [0.05, 0.1) is 6.61 Å². The zero-order valence-electron chi connectivity index (χ0n) is 41.2. The lowest BCUT2D eigenvalue weighted by molar-refractivity contribution is -0.163. The number of hydrogen-bond donors (Lipinski definition) is 0. The van der Waals surface area contributed by atoms with Crippen molar-refractivity contribution in [2.24, 2.45) is 0 Å². The third kappa shape index (κ3) is 50.7. The molecule has 0 aromatic rings. The van der Waals surface area contributed by atoms with Crippen LogP contribution in [0.1, 0.15) is 201 Å². The number of ether oxygens (including phenoxy) is 3. The summed E-state index contributed by atoms with van der Waals surface area (Å²) in [4.78, 5) is 25.4. The second kappa shape index (κ2) is 53.4. The molecule has 0 amide bonds. The lowest BCUT2D eigenvalue weighted by Crippen LogP contribution is -2.30. The van der Waals surface area contributed by atoms with Crippen molar-refractivity contribution in [1.82, 2.24) is 0 Å². The number of esters is 2. The van der Waals surface area contributed by atoms with Crippen molar-refractivity contribution in [3.8, 4) is 0 Å². The third-order valence-corrected chi connectivity index (χ3v) is 10.2. The molecule has 64 heavy (non-hydrogen) atoms. The Morgan fingerprint density at radius 2 is 0.656 bits per heavy atom. The average molecular weight is 883 g/mol. The Bertz CT molecular complexity index is 1370. The molecule has 0 saturated carbocycles. The zero-order chi connectivity index (χ0) is 46.3. The van der Waals surface area contributed by atoms with Crippen molar-refractivity contribution in [2.75, 3.05) is 19.8 Å². The van der Waals surface area contributed by atoms with Gasteiger partial charge in [0.15, 0.2) is 6.10 Å². The number of unbranched alkanes of at least 4 members (excludes halogenated alkanes) is 12. The molecule has 5 nitrogen and oxygen atoms in total. The highest BCUT2D eigenvalue weighted by atomic mass is 16.6. The number of carbonyl (C=O) groups excluding carboxylic acids is 2. The first-order chi connectivity index (χ1) is 31.6. The molecule has 360 valence electrons. The van der Waals surface area contributed by atoms with Gasteiger partial charge < -0.3 is 14.2 Å². The summed E-state index contributed by atoms with van der Waals surface area (Å²) in [5.74, 6) is -0.508. The maximum Gasteiger partial charge on any atom is 0.306 e. The van der Waals surface area contributed by atoms with Crippen LogP contribution in [0.5, 0.6) is 0 Å². The van der Waals surface area contributed by atoms with Crippen LogP contribution >= 0.6 is 0 Å². The summed E-state index contributed by atoms with van der Waals surface area (Å²) in [5, 5.41) is 0. The van der Waals surface area contributed by atoms with Crippen LogP contribution < -0.4 is 0 Å². The van der Waals surface area contributed by atoms with E-state index < -0.39 is 6.10 Å². The summed E-state index contributed by atoms with van der Waals surface area (Å²) in [5.41, 5.74) is 0. The maximum atomic E-state index is 12.8. The SMILES string of the molecule is CC/C=C\C/C=C\C/C=C\C/C=C\CCCCC(=O)OCC(COCCCCCCCCCC/C=C\C/C=C\C/C=C\CC)OC(=O)CCCC/C=C\C/C=C\C/C=C\C/C=C\CC. The quantitative estimate of drug-likeness (QED) is 0.0346. The molecule has 0 N–H and O–H groups in total. The highest BCUT2D eigenvalue weighted by molar-refractivity contribution is 5.70. The van der Waals surface area contributed by atoms with Crippen molar-refractivity contribution in [3.63, 3.8) is 0 Å². The Labute approximate surface area is 394 Å². The van der Waals surface area contributed by atoms with E-state index in [0.29, 0.717) is 19.4 Å². The van der Waals surface area contributed by atoms with Crippen LogP contribution in [0, 0.1) is 0 Å². The molecule has 0 rings (SSSR count). The van der Waals surface area contributed by atoms with Crippen molar-refractivity contribution in [2.45, 2.75) is 207 Å². The van der Waals surface area contributed by atoms with Crippen LogP contribution in [0.15, 0.2) is 134 Å². The van der Waals surface area contributed by atoms with E-state index in [4.69, 9.17) is 14.2 Å². The molecule has 0 aliphatic carbocycles. The average Bonchev–Trinajstić information content (AvgIpc) is 3.30. The predicted octanol–water partition coefficient (Wildman–Crippen LogP) is 17.6. The van der Waals surface area contributed by atoms with E-state index in [1.807, 2.05) is 0 Å². The minimum Gasteiger partial charge on any atom is -0.462 e. The largest absolute Gasteiger partial charge is 0.462 e. The fraction of sp³-hybridized carbons (Fsp3) is 0.593. The second-order valence-corrected chi connectivity index (χ2v) is 16.3. The normalized spacial score (nSPS) is 13.4. The maximum absolute atomic E-state index is 12.8. The van der Waals surface area contributed by atoms with Crippen molar-refractivity contribution >= 4 is 11.9 Å². The number of carbonyl (C=O) groups is 2. The summed E-state index contributed by atoms with van der Waals surface area (Å²) in [7, 11) is 0. The molecular weight excluding hydrogens is 789 g/mol. The van der Waals surface area contributed by atoms with Gasteiger partial charge in [-0.05, 0) is 128 Å². The first-order valence-corrected chi connectivity index (χ1v) is 25.7. The van der Waals surface area contributed by atoms with Gasteiger partial charge in [-0.3, -0.25) is 9.59 Å². The lowest BCUT2D eigenvalue weighted by Gasteiger charge is -2.18. The van der Waals surface area contributed by atoms with Crippen molar-refractivity contribution < 1.29 is 23.8 Å². The van der Waals surface area contributed by atoms with Crippen LogP contribution in [-0.4, -0.2) is 37.9 Å². The molecule has 0 aliphatic rings. The summed E-state index contributed by atoms with van der Waals surface area (Å²) in [6, 6.07) is 0. The molecule has 0 fully saturated rings. The minimum absolute atomic E-state index is 0.0349. The molecule has 1 unspecified atom stereocenters. The summed E-state index contributed by atoms with van der Waals surface area (Å²) in [6.45, 7) is 7.36. The monoisotopic (exact) mass is 883 g/mol. The molecule has 0 aliphatic heterocycles.